The van der Waals surface area contributed by atoms with Gasteiger partial charge in [0.2, 0.25) is 0 Å². The summed E-state index contributed by atoms with van der Waals surface area (Å²) in [6, 6.07) is 5.73. The Morgan fingerprint density at radius 1 is 1.40 bits per heavy atom. The van der Waals surface area contributed by atoms with E-state index in [1.807, 2.05) is 0 Å². The van der Waals surface area contributed by atoms with E-state index in [1.165, 1.54) is 43.2 Å². The lowest BCUT2D eigenvalue weighted by Gasteiger charge is -2.16. The van der Waals surface area contributed by atoms with Crippen molar-refractivity contribution in [2.75, 3.05) is 13.7 Å². The van der Waals surface area contributed by atoms with Crippen LogP contribution in [0.15, 0.2) is 29.4 Å². The van der Waals surface area contributed by atoms with Crippen LogP contribution in [-0.4, -0.2) is 45.8 Å². The molecule has 1 aliphatic rings. The highest BCUT2D eigenvalue weighted by Crippen LogP contribution is 2.26. The molecule has 0 bridgehead atoms. The molecule has 0 aromatic heterocycles. The maximum Gasteiger partial charge on any atom is 0.415 e. The van der Waals surface area contributed by atoms with Gasteiger partial charge in [-0.2, -0.15) is 0 Å². The van der Waals surface area contributed by atoms with Gasteiger partial charge < -0.3 is 9.57 Å². The van der Waals surface area contributed by atoms with E-state index >= 15 is 0 Å². The number of non-ortho nitro benzene ring substituents is 1. The standard InChI is InChI=1S/C15H17N3O6S/c1-10(19)25-13-7-14(16-23-2)17(8-13)15(20)24-9-11-3-5-12(6-4-11)18(21)22/h3-6,13H,7-9H2,1-2H3/b16-14+. The number of ether oxygens (including phenoxy) is 1. The molecule has 0 radical (unpaired) electrons. The monoisotopic (exact) mass is 367 g/mol. The first-order valence-corrected chi connectivity index (χ1v) is 8.23. The van der Waals surface area contributed by atoms with Crippen LogP contribution in [0.3, 0.4) is 0 Å². The van der Waals surface area contributed by atoms with Crippen LogP contribution in [0.2, 0.25) is 0 Å². The van der Waals surface area contributed by atoms with Gasteiger partial charge in [0.1, 0.15) is 13.7 Å². The molecule has 134 valence electrons. The Hall–Kier alpha value is -2.62. The number of nitro groups is 1. The summed E-state index contributed by atoms with van der Waals surface area (Å²) in [7, 11) is 1.37. The van der Waals surface area contributed by atoms with Gasteiger partial charge >= 0.3 is 6.09 Å². The minimum Gasteiger partial charge on any atom is -0.444 e. The van der Waals surface area contributed by atoms with Gasteiger partial charge in [0.25, 0.3) is 5.69 Å². The molecule has 1 saturated heterocycles. The number of oxime groups is 1. The molecule has 25 heavy (non-hydrogen) atoms. The minimum atomic E-state index is -0.610. The second-order valence-electron chi connectivity index (χ2n) is 5.21. The molecule has 1 unspecified atom stereocenters. The van der Waals surface area contributed by atoms with Gasteiger partial charge in [-0.15, -0.1) is 0 Å². The third-order valence-electron chi connectivity index (χ3n) is 3.37. The fraction of sp³-hybridized carbons (Fsp3) is 0.400. The average molecular weight is 367 g/mol. The Morgan fingerprint density at radius 3 is 2.64 bits per heavy atom. The Bertz CT molecular complexity index is 691. The summed E-state index contributed by atoms with van der Waals surface area (Å²) >= 11 is 1.14. The molecule has 1 amide bonds. The van der Waals surface area contributed by atoms with Crippen LogP contribution in [0, 0.1) is 10.1 Å². The minimum absolute atomic E-state index is 0.0297. The Balaban J connectivity index is 1.97. The van der Waals surface area contributed by atoms with Gasteiger partial charge in [-0.25, -0.2) is 4.79 Å². The van der Waals surface area contributed by atoms with Crippen molar-refractivity contribution in [1.82, 2.24) is 4.90 Å². The van der Waals surface area contributed by atoms with Crippen LogP contribution in [0.4, 0.5) is 10.5 Å². The summed E-state index contributed by atoms with van der Waals surface area (Å²) in [4.78, 5) is 39.7. The normalized spacial score (nSPS) is 18.2. The Labute approximate surface area is 148 Å². The first kappa shape index (κ1) is 18.7. The summed E-state index contributed by atoms with van der Waals surface area (Å²) < 4.78 is 5.23. The van der Waals surface area contributed by atoms with E-state index in [9.17, 15) is 19.7 Å². The van der Waals surface area contributed by atoms with E-state index in [-0.39, 0.29) is 22.7 Å². The molecule has 10 heteroatoms. The van der Waals surface area contributed by atoms with Crippen molar-refractivity contribution in [3.05, 3.63) is 39.9 Å². The van der Waals surface area contributed by atoms with Gasteiger partial charge in [-0.3, -0.25) is 19.8 Å². The summed E-state index contributed by atoms with van der Waals surface area (Å²) in [5.74, 6) is 0.398. The van der Waals surface area contributed by atoms with Crippen molar-refractivity contribution < 1.29 is 24.1 Å². The molecule has 9 nitrogen and oxygen atoms in total. The zero-order chi connectivity index (χ0) is 18.4. The zero-order valence-corrected chi connectivity index (χ0v) is 14.5. The number of carbonyl (C=O) groups is 2. The van der Waals surface area contributed by atoms with E-state index in [0.29, 0.717) is 24.4 Å². The Morgan fingerprint density at radius 2 is 2.08 bits per heavy atom. The summed E-state index contributed by atoms with van der Waals surface area (Å²) in [6.07, 6.45) is -0.189. The molecule has 0 N–H and O–H groups in total. The van der Waals surface area contributed by atoms with Crippen molar-refractivity contribution in [3.63, 3.8) is 0 Å². The van der Waals surface area contributed by atoms with Gasteiger partial charge in [0, 0.05) is 37.3 Å². The predicted octanol–water partition coefficient (Wildman–Crippen LogP) is 2.55. The molecule has 1 aromatic rings. The third-order valence-corrected chi connectivity index (χ3v) is 4.35. The second kappa shape index (κ2) is 8.47. The molecule has 0 aliphatic carbocycles. The first-order chi connectivity index (χ1) is 11.9. The van der Waals surface area contributed by atoms with E-state index in [2.05, 4.69) is 5.16 Å². The number of nitro benzene ring substituents is 1. The molecule has 2 rings (SSSR count). The van der Waals surface area contributed by atoms with Crippen molar-refractivity contribution in [2.24, 2.45) is 5.16 Å². The molecule has 1 aromatic carbocycles. The van der Waals surface area contributed by atoms with E-state index in [4.69, 9.17) is 9.57 Å². The summed E-state index contributed by atoms with van der Waals surface area (Å²) in [6.45, 7) is 1.73. The van der Waals surface area contributed by atoms with E-state index < -0.39 is 11.0 Å². The molecule has 1 fully saturated rings. The average Bonchev–Trinajstić information content (AvgIpc) is 2.95. The van der Waals surface area contributed by atoms with Gasteiger partial charge in [-0.05, 0) is 17.7 Å². The SMILES string of the molecule is CO/N=C1\CC(SC(C)=O)CN1C(=O)OCc1ccc([N+](=O)[O-])cc1. The van der Waals surface area contributed by atoms with Crippen LogP contribution < -0.4 is 0 Å². The van der Waals surface area contributed by atoms with E-state index in [1.54, 1.807) is 0 Å². The van der Waals surface area contributed by atoms with Crippen molar-refractivity contribution in [2.45, 2.75) is 25.2 Å². The number of rotatable bonds is 5. The van der Waals surface area contributed by atoms with Gasteiger partial charge in [0.15, 0.2) is 11.0 Å². The molecule has 1 aliphatic heterocycles. The van der Waals surface area contributed by atoms with Crippen LogP contribution in [0.25, 0.3) is 0 Å². The van der Waals surface area contributed by atoms with Crippen molar-refractivity contribution >= 4 is 34.5 Å². The maximum absolute atomic E-state index is 12.3. The summed E-state index contributed by atoms with van der Waals surface area (Å²) in [5, 5.41) is 14.3. The van der Waals surface area contributed by atoms with Crippen LogP contribution >= 0.6 is 11.8 Å². The fourth-order valence-electron chi connectivity index (χ4n) is 2.31. The number of thioether (sulfide) groups is 1. The number of amides is 1. The van der Waals surface area contributed by atoms with Crippen molar-refractivity contribution in [3.8, 4) is 0 Å². The smallest absolute Gasteiger partial charge is 0.415 e. The topological polar surface area (TPSA) is 111 Å². The lowest BCUT2D eigenvalue weighted by molar-refractivity contribution is -0.384. The number of nitrogens with zero attached hydrogens (tertiary/aromatic N) is 3. The highest BCUT2D eigenvalue weighted by atomic mass is 32.2. The predicted molar refractivity (Wildman–Crippen MR) is 91.1 cm³/mol. The second-order valence-corrected chi connectivity index (χ2v) is 6.69. The molecular weight excluding hydrogens is 350 g/mol. The maximum atomic E-state index is 12.3. The largest absolute Gasteiger partial charge is 0.444 e. The lowest BCUT2D eigenvalue weighted by Crippen LogP contribution is -2.33. The lowest BCUT2D eigenvalue weighted by atomic mass is 10.2. The quantitative estimate of drug-likeness (QED) is 0.581. The zero-order valence-electron chi connectivity index (χ0n) is 13.7. The molecule has 1 atom stereocenters. The third kappa shape index (κ3) is 5.18. The first-order valence-electron chi connectivity index (χ1n) is 7.35. The number of benzene rings is 1. The summed E-state index contributed by atoms with van der Waals surface area (Å²) in [5.41, 5.74) is 0.589. The molecular formula is C15H17N3O6S. The highest BCUT2D eigenvalue weighted by molar-refractivity contribution is 8.14. The van der Waals surface area contributed by atoms with Crippen LogP contribution in [0.1, 0.15) is 18.9 Å². The molecule has 0 spiro atoms. The number of likely N-dealkylation sites (tertiary alicyclic amines) is 1. The highest BCUT2D eigenvalue weighted by Gasteiger charge is 2.35. The number of amidine groups is 1. The van der Waals surface area contributed by atoms with Crippen LogP contribution in [-0.2, 0) is 21.0 Å². The number of hydrogen-bond donors (Lipinski definition) is 0. The van der Waals surface area contributed by atoms with E-state index in [0.717, 1.165) is 11.8 Å². The molecule has 0 saturated carbocycles. The van der Waals surface area contributed by atoms with Gasteiger partial charge in [0.05, 0.1) is 4.92 Å². The van der Waals surface area contributed by atoms with Gasteiger partial charge in [-0.1, -0.05) is 16.9 Å². The van der Waals surface area contributed by atoms with Crippen molar-refractivity contribution in [1.29, 1.82) is 0 Å². The Kier molecular flexibility index (Phi) is 6.34. The number of hydrogen-bond acceptors (Lipinski definition) is 8. The van der Waals surface area contributed by atoms with Crippen LogP contribution in [0.5, 0.6) is 0 Å². The molecule has 1 heterocycles. The fourth-order valence-corrected chi connectivity index (χ4v) is 3.24. The number of carbonyl (C=O) groups excluding carboxylic acids is 2.